The molecule has 0 radical (unpaired) electrons. The van der Waals surface area contributed by atoms with Gasteiger partial charge in [0.15, 0.2) is 11.7 Å². The molecular weight excluding hydrogens is 516 g/mol. The van der Waals surface area contributed by atoms with Crippen molar-refractivity contribution in [3.63, 3.8) is 0 Å². The van der Waals surface area contributed by atoms with E-state index in [9.17, 15) is 21.6 Å². The standard InChI is InChI=1S/C15H25F3N4O2S2.HI/c1-14(2,6-8-26(4,23)24)10-21-13(19-3)20-7-5-12-22-11(9-25-12)15(16,17)18;/h9H,5-8,10H2,1-4H3,(H2,19,20,21);1H. The minimum atomic E-state index is -4.42. The van der Waals surface area contributed by atoms with Gasteiger partial charge >= 0.3 is 6.18 Å². The Bertz CT molecular complexity index is 719. The van der Waals surface area contributed by atoms with Crippen LogP contribution in [-0.4, -0.2) is 51.5 Å². The Morgan fingerprint density at radius 2 is 1.93 bits per heavy atom. The van der Waals surface area contributed by atoms with E-state index in [1.807, 2.05) is 13.8 Å². The lowest BCUT2D eigenvalue weighted by atomic mass is 9.90. The molecule has 0 atom stereocenters. The Kier molecular flexibility index (Phi) is 10.5. The van der Waals surface area contributed by atoms with Gasteiger partial charge in [0.1, 0.15) is 9.84 Å². The monoisotopic (exact) mass is 542 g/mol. The van der Waals surface area contributed by atoms with Gasteiger partial charge in [0.2, 0.25) is 0 Å². The van der Waals surface area contributed by atoms with Gasteiger partial charge in [0.05, 0.1) is 10.8 Å². The first-order valence-corrected chi connectivity index (χ1v) is 10.9. The first kappa shape index (κ1) is 26.4. The third-order valence-corrected chi connectivity index (χ3v) is 5.44. The van der Waals surface area contributed by atoms with Crippen molar-refractivity contribution in [2.75, 3.05) is 32.1 Å². The number of aliphatic imine (C=N–C) groups is 1. The fourth-order valence-electron chi connectivity index (χ4n) is 1.94. The molecule has 0 aliphatic rings. The average Bonchev–Trinajstić information content (AvgIpc) is 2.97. The fourth-order valence-corrected chi connectivity index (χ4v) is 3.67. The third-order valence-electron chi connectivity index (χ3n) is 3.58. The van der Waals surface area contributed by atoms with Gasteiger partial charge in [-0.15, -0.1) is 35.3 Å². The number of hydrogen-bond donors (Lipinski definition) is 2. The van der Waals surface area contributed by atoms with Crippen LogP contribution in [0.15, 0.2) is 10.4 Å². The van der Waals surface area contributed by atoms with E-state index < -0.39 is 21.7 Å². The summed E-state index contributed by atoms with van der Waals surface area (Å²) >= 11 is 0.974. The molecule has 0 unspecified atom stereocenters. The number of guanidine groups is 1. The first-order chi connectivity index (χ1) is 11.8. The van der Waals surface area contributed by atoms with Crippen molar-refractivity contribution in [2.45, 2.75) is 32.9 Å². The Hall–Kier alpha value is -0.630. The van der Waals surface area contributed by atoms with Crippen molar-refractivity contribution in [2.24, 2.45) is 10.4 Å². The highest BCUT2D eigenvalue weighted by Gasteiger charge is 2.33. The topological polar surface area (TPSA) is 83.4 Å². The highest BCUT2D eigenvalue weighted by molar-refractivity contribution is 14.0. The van der Waals surface area contributed by atoms with E-state index in [1.54, 1.807) is 7.05 Å². The lowest BCUT2D eigenvalue weighted by Gasteiger charge is -2.25. The van der Waals surface area contributed by atoms with E-state index in [1.165, 1.54) is 6.26 Å². The van der Waals surface area contributed by atoms with Gasteiger partial charge in [0.25, 0.3) is 0 Å². The van der Waals surface area contributed by atoms with E-state index in [-0.39, 0.29) is 35.1 Å². The van der Waals surface area contributed by atoms with Crippen molar-refractivity contribution in [3.05, 3.63) is 16.1 Å². The Morgan fingerprint density at radius 1 is 1.30 bits per heavy atom. The molecule has 1 aromatic rings. The molecule has 0 bridgehead atoms. The summed E-state index contributed by atoms with van der Waals surface area (Å²) in [4.78, 5) is 7.63. The number of aromatic nitrogens is 1. The molecule has 0 spiro atoms. The molecule has 0 aliphatic carbocycles. The van der Waals surface area contributed by atoms with Gasteiger partial charge in [-0.3, -0.25) is 4.99 Å². The molecule has 6 nitrogen and oxygen atoms in total. The van der Waals surface area contributed by atoms with Gasteiger partial charge in [-0.2, -0.15) is 13.2 Å². The maximum absolute atomic E-state index is 12.5. The van der Waals surface area contributed by atoms with Crippen LogP contribution in [0.25, 0.3) is 0 Å². The van der Waals surface area contributed by atoms with Gasteiger partial charge in [0, 0.05) is 38.2 Å². The SMILES string of the molecule is CN=C(NCCc1nc(C(F)(F)F)cs1)NCC(C)(C)CCS(C)(=O)=O.I. The Labute approximate surface area is 179 Å². The minimum absolute atomic E-state index is 0. The second kappa shape index (κ2) is 10.8. The Balaban J connectivity index is 0.00000676. The zero-order valence-electron chi connectivity index (χ0n) is 15.7. The maximum atomic E-state index is 12.5. The minimum Gasteiger partial charge on any atom is -0.356 e. The molecule has 2 N–H and O–H groups in total. The maximum Gasteiger partial charge on any atom is 0.434 e. The highest BCUT2D eigenvalue weighted by Crippen LogP contribution is 2.30. The molecule has 0 aromatic carbocycles. The van der Waals surface area contributed by atoms with Crippen molar-refractivity contribution in [1.29, 1.82) is 0 Å². The lowest BCUT2D eigenvalue weighted by molar-refractivity contribution is -0.140. The quantitative estimate of drug-likeness (QED) is 0.300. The second-order valence-electron chi connectivity index (χ2n) is 6.77. The molecule has 0 saturated carbocycles. The van der Waals surface area contributed by atoms with E-state index in [0.717, 1.165) is 16.7 Å². The molecular formula is C15H26F3IN4O2S2. The highest BCUT2D eigenvalue weighted by atomic mass is 127. The molecule has 27 heavy (non-hydrogen) atoms. The van der Waals surface area contributed by atoms with Gasteiger partial charge in [-0.05, 0) is 11.8 Å². The van der Waals surface area contributed by atoms with Crippen LogP contribution >= 0.6 is 35.3 Å². The number of thiazole rings is 1. The summed E-state index contributed by atoms with van der Waals surface area (Å²) in [6, 6.07) is 0. The molecule has 1 rings (SSSR count). The zero-order valence-corrected chi connectivity index (χ0v) is 19.6. The summed E-state index contributed by atoms with van der Waals surface area (Å²) in [5.74, 6) is 0.615. The summed E-state index contributed by atoms with van der Waals surface area (Å²) < 4.78 is 60.1. The van der Waals surface area contributed by atoms with Crippen molar-refractivity contribution in [3.8, 4) is 0 Å². The molecule has 0 fully saturated rings. The smallest absolute Gasteiger partial charge is 0.356 e. The van der Waals surface area contributed by atoms with Crippen LogP contribution in [0.4, 0.5) is 13.2 Å². The summed E-state index contributed by atoms with van der Waals surface area (Å²) in [7, 11) is -1.43. The second-order valence-corrected chi connectivity index (χ2v) is 9.97. The van der Waals surface area contributed by atoms with Gasteiger partial charge in [-0.1, -0.05) is 13.8 Å². The van der Waals surface area contributed by atoms with Crippen LogP contribution in [0.1, 0.15) is 31.0 Å². The fraction of sp³-hybridized carbons (Fsp3) is 0.733. The van der Waals surface area contributed by atoms with Crippen LogP contribution < -0.4 is 10.6 Å². The summed E-state index contributed by atoms with van der Waals surface area (Å²) in [6.45, 7) is 4.80. The van der Waals surface area contributed by atoms with E-state index in [2.05, 4.69) is 20.6 Å². The first-order valence-electron chi connectivity index (χ1n) is 7.96. The summed E-state index contributed by atoms with van der Waals surface area (Å²) in [5.41, 5.74) is -1.12. The van der Waals surface area contributed by atoms with Gasteiger partial charge < -0.3 is 10.6 Å². The number of halogens is 4. The number of alkyl halides is 3. The van der Waals surface area contributed by atoms with Crippen LogP contribution in [0.5, 0.6) is 0 Å². The predicted molar refractivity (Wildman–Crippen MR) is 114 cm³/mol. The van der Waals surface area contributed by atoms with Crippen LogP contribution in [0.3, 0.4) is 0 Å². The normalized spacial score (nSPS) is 13.2. The summed E-state index contributed by atoms with van der Waals surface area (Å²) in [5, 5.41) is 7.53. The third kappa shape index (κ3) is 11.1. The number of nitrogens with zero attached hydrogens (tertiary/aromatic N) is 2. The molecule has 0 amide bonds. The number of nitrogens with one attached hydrogen (secondary N) is 2. The van der Waals surface area contributed by atoms with E-state index in [4.69, 9.17) is 0 Å². The summed E-state index contributed by atoms with van der Waals surface area (Å²) in [6.07, 6.45) is -2.36. The van der Waals surface area contributed by atoms with Crippen molar-refractivity contribution in [1.82, 2.24) is 15.6 Å². The number of rotatable bonds is 8. The van der Waals surface area contributed by atoms with Crippen LogP contribution in [0.2, 0.25) is 0 Å². The molecule has 0 aliphatic heterocycles. The Morgan fingerprint density at radius 3 is 2.41 bits per heavy atom. The van der Waals surface area contributed by atoms with E-state index >= 15 is 0 Å². The van der Waals surface area contributed by atoms with Crippen molar-refractivity contribution >= 4 is 51.1 Å². The average molecular weight is 542 g/mol. The largest absolute Gasteiger partial charge is 0.434 e. The van der Waals surface area contributed by atoms with Crippen LogP contribution in [-0.2, 0) is 22.4 Å². The molecule has 0 saturated heterocycles. The number of hydrogen-bond acceptors (Lipinski definition) is 5. The number of sulfone groups is 1. The zero-order chi connectivity index (χ0) is 20.0. The molecule has 12 heteroatoms. The molecule has 1 aromatic heterocycles. The van der Waals surface area contributed by atoms with Crippen LogP contribution in [0, 0.1) is 5.41 Å². The van der Waals surface area contributed by atoms with Gasteiger partial charge in [-0.25, -0.2) is 13.4 Å². The molecule has 1 heterocycles. The van der Waals surface area contributed by atoms with E-state index in [0.29, 0.717) is 36.9 Å². The predicted octanol–water partition coefficient (Wildman–Crippen LogP) is 2.95. The molecule has 158 valence electrons. The van der Waals surface area contributed by atoms with Crippen molar-refractivity contribution < 1.29 is 21.6 Å². The lowest BCUT2D eigenvalue weighted by Crippen LogP contribution is -2.43.